The van der Waals surface area contributed by atoms with E-state index in [1.807, 2.05) is 23.9 Å². The zero-order valence-electron chi connectivity index (χ0n) is 9.97. The van der Waals surface area contributed by atoms with Crippen molar-refractivity contribution in [3.05, 3.63) is 46.5 Å². The third kappa shape index (κ3) is 2.98. The molecule has 0 spiro atoms. The molecule has 0 fully saturated rings. The normalized spacial score (nSPS) is 10.3. The van der Waals surface area contributed by atoms with Gasteiger partial charge in [0.1, 0.15) is 11.6 Å². The SMILES string of the molecule is Cn1ccnc1CCOc1ccc(Br)cc1C=O. The van der Waals surface area contributed by atoms with Gasteiger partial charge in [-0.2, -0.15) is 0 Å². The van der Waals surface area contributed by atoms with Crippen molar-refractivity contribution in [2.45, 2.75) is 6.42 Å². The molecular formula is C13H13BrN2O2. The first-order valence-electron chi connectivity index (χ1n) is 5.54. The van der Waals surface area contributed by atoms with Crippen LogP contribution in [0, 0.1) is 0 Å². The molecular weight excluding hydrogens is 296 g/mol. The first kappa shape index (κ1) is 12.8. The molecule has 0 aliphatic carbocycles. The van der Waals surface area contributed by atoms with Gasteiger partial charge in [0.2, 0.25) is 0 Å². The Kier molecular flexibility index (Phi) is 4.15. The number of halogens is 1. The summed E-state index contributed by atoms with van der Waals surface area (Å²) in [6.07, 6.45) is 5.15. The fraction of sp³-hybridized carbons (Fsp3) is 0.231. The summed E-state index contributed by atoms with van der Waals surface area (Å²) in [5, 5.41) is 0. The van der Waals surface area contributed by atoms with Crippen LogP contribution in [0.5, 0.6) is 5.75 Å². The second kappa shape index (κ2) is 5.82. The van der Waals surface area contributed by atoms with Crippen molar-refractivity contribution < 1.29 is 9.53 Å². The lowest BCUT2D eigenvalue weighted by Gasteiger charge is -2.08. The topological polar surface area (TPSA) is 44.1 Å². The molecule has 2 rings (SSSR count). The molecule has 94 valence electrons. The largest absolute Gasteiger partial charge is 0.492 e. The van der Waals surface area contributed by atoms with E-state index in [0.717, 1.165) is 16.6 Å². The van der Waals surface area contributed by atoms with E-state index in [1.54, 1.807) is 18.3 Å². The van der Waals surface area contributed by atoms with E-state index in [-0.39, 0.29) is 0 Å². The number of imidazole rings is 1. The minimum Gasteiger partial charge on any atom is -0.492 e. The lowest BCUT2D eigenvalue weighted by Crippen LogP contribution is -2.07. The van der Waals surface area contributed by atoms with Crippen LogP contribution in [-0.4, -0.2) is 22.4 Å². The maximum Gasteiger partial charge on any atom is 0.153 e. The number of carbonyl (C=O) groups is 1. The number of aromatic nitrogens is 2. The first-order valence-corrected chi connectivity index (χ1v) is 6.33. The van der Waals surface area contributed by atoms with Crippen LogP contribution in [0.1, 0.15) is 16.2 Å². The van der Waals surface area contributed by atoms with Crippen molar-refractivity contribution in [2.24, 2.45) is 7.05 Å². The summed E-state index contributed by atoms with van der Waals surface area (Å²) in [7, 11) is 1.94. The molecule has 1 aromatic heterocycles. The highest BCUT2D eigenvalue weighted by molar-refractivity contribution is 9.10. The first-order chi connectivity index (χ1) is 8.70. The number of nitrogens with zero attached hydrogens (tertiary/aromatic N) is 2. The zero-order valence-corrected chi connectivity index (χ0v) is 11.6. The Morgan fingerprint density at radius 2 is 2.33 bits per heavy atom. The smallest absolute Gasteiger partial charge is 0.153 e. The second-order valence-electron chi connectivity index (χ2n) is 3.85. The van der Waals surface area contributed by atoms with Gasteiger partial charge in [-0.05, 0) is 18.2 Å². The molecule has 0 aliphatic heterocycles. The monoisotopic (exact) mass is 308 g/mol. The molecule has 0 N–H and O–H groups in total. The lowest BCUT2D eigenvalue weighted by molar-refractivity contribution is 0.111. The van der Waals surface area contributed by atoms with Crippen LogP contribution in [0.2, 0.25) is 0 Å². The number of hydrogen-bond donors (Lipinski definition) is 0. The van der Waals surface area contributed by atoms with E-state index < -0.39 is 0 Å². The van der Waals surface area contributed by atoms with Crippen molar-refractivity contribution in [1.29, 1.82) is 0 Å². The quantitative estimate of drug-likeness (QED) is 0.798. The molecule has 1 heterocycles. The van der Waals surface area contributed by atoms with Gasteiger partial charge in [0, 0.05) is 30.3 Å². The summed E-state index contributed by atoms with van der Waals surface area (Å²) in [6.45, 7) is 0.493. The highest BCUT2D eigenvalue weighted by Crippen LogP contribution is 2.21. The Balaban J connectivity index is 1.98. The van der Waals surface area contributed by atoms with Gasteiger partial charge in [0.05, 0.1) is 12.2 Å². The number of hydrogen-bond acceptors (Lipinski definition) is 3. The summed E-state index contributed by atoms with van der Waals surface area (Å²) in [5.74, 6) is 1.56. The molecule has 0 unspecified atom stereocenters. The number of ether oxygens (including phenoxy) is 1. The van der Waals surface area contributed by atoms with Crippen molar-refractivity contribution >= 4 is 22.2 Å². The molecule has 4 nitrogen and oxygen atoms in total. The van der Waals surface area contributed by atoms with E-state index in [9.17, 15) is 4.79 Å². The van der Waals surface area contributed by atoms with Crippen LogP contribution in [0.25, 0.3) is 0 Å². The molecule has 0 saturated heterocycles. The minimum absolute atomic E-state index is 0.493. The van der Waals surface area contributed by atoms with Gasteiger partial charge in [-0.25, -0.2) is 4.98 Å². The fourth-order valence-electron chi connectivity index (χ4n) is 1.63. The van der Waals surface area contributed by atoms with Crippen LogP contribution in [-0.2, 0) is 13.5 Å². The van der Waals surface area contributed by atoms with Crippen molar-refractivity contribution in [3.63, 3.8) is 0 Å². The molecule has 0 saturated carbocycles. The Hall–Kier alpha value is -1.62. The third-order valence-corrected chi connectivity index (χ3v) is 3.10. The molecule has 0 amide bonds. The maximum absolute atomic E-state index is 10.9. The molecule has 1 aromatic carbocycles. The molecule has 0 aliphatic rings. The molecule has 0 radical (unpaired) electrons. The van der Waals surface area contributed by atoms with E-state index in [1.165, 1.54) is 0 Å². The van der Waals surface area contributed by atoms with E-state index in [4.69, 9.17) is 4.74 Å². The molecule has 5 heteroatoms. The molecule has 2 aromatic rings. The molecule has 0 bridgehead atoms. The summed E-state index contributed by atoms with van der Waals surface area (Å²) >= 11 is 3.32. The summed E-state index contributed by atoms with van der Waals surface area (Å²) in [4.78, 5) is 15.1. The van der Waals surface area contributed by atoms with Gasteiger partial charge in [-0.3, -0.25) is 4.79 Å². The second-order valence-corrected chi connectivity index (χ2v) is 4.77. The van der Waals surface area contributed by atoms with Gasteiger partial charge in [0.25, 0.3) is 0 Å². The standard InChI is InChI=1S/C13H13BrN2O2/c1-16-6-5-15-13(16)4-7-18-12-3-2-11(14)8-10(12)9-17/h2-3,5-6,8-9H,4,7H2,1H3. The van der Waals surface area contributed by atoms with Crippen LogP contribution >= 0.6 is 15.9 Å². The van der Waals surface area contributed by atoms with Crippen molar-refractivity contribution in [2.75, 3.05) is 6.61 Å². The van der Waals surface area contributed by atoms with Crippen LogP contribution in [0.15, 0.2) is 35.1 Å². The number of aryl methyl sites for hydroxylation is 1. The van der Waals surface area contributed by atoms with E-state index in [0.29, 0.717) is 24.3 Å². The minimum atomic E-state index is 0.493. The van der Waals surface area contributed by atoms with E-state index >= 15 is 0 Å². The number of rotatable bonds is 5. The lowest BCUT2D eigenvalue weighted by atomic mass is 10.2. The van der Waals surface area contributed by atoms with E-state index in [2.05, 4.69) is 20.9 Å². The van der Waals surface area contributed by atoms with Crippen molar-refractivity contribution in [1.82, 2.24) is 9.55 Å². The van der Waals surface area contributed by atoms with Gasteiger partial charge in [0.15, 0.2) is 6.29 Å². The summed E-state index contributed by atoms with van der Waals surface area (Å²) in [6, 6.07) is 5.37. The predicted molar refractivity (Wildman–Crippen MR) is 71.9 cm³/mol. The third-order valence-electron chi connectivity index (χ3n) is 2.60. The Morgan fingerprint density at radius 3 is 3.00 bits per heavy atom. The predicted octanol–water partition coefficient (Wildman–Crippen LogP) is 2.62. The zero-order chi connectivity index (χ0) is 13.0. The van der Waals surface area contributed by atoms with Crippen LogP contribution in [0.3, 0.4) is 0 Å². The average Bonchev–Trinajstić information content (AvgIpc) is 2.77. The Labute approximate surface area is 114 Å². The highest BCUT2D eigenvalue weighted by Gasteiger charge is 2.05. The maximum atomic E-state index is 10.9. The molecule has 18 heavy (non-hydrogen) atoms. The van der Waals surface area contributed by atoms with Gasteiger partial charge < -0.3 is 9.30 Å². The van der Waals surface area contributed by atoms with Gasteiger partial charge >= 0.3 is 0 Å². The van der Waals surface area contributed by atoms with Crippen LogP contribution < -0.4 is 4.74 Å². The Morgan fingerprint density at radius 1 is 1.50 bits per heavy atom. The molecule has 0 atom stereocenters. The number of aldehydes is 1. The average molecular weight is 309 g/mol. The summed E-state index contributed by atoms with van der Waals surface area (Å²) in [5.41, 5.74) is 0.546. The van der Waals surface area contributed by atoms with Gasteiger partial charge in [-0.1, -0.05) is 15.9 Å². The number of benzene rings is 1. The summed E-state index contributed by atoms with van der Waals surface area (Å²) < 4.78 is 8.42. The Bertz CT molecular complexity index is 552. The van der Waals surface area contributed by atoms with Crippen LogP contribution in [0.4, 0.5) is 0 Å². The van der Waals surface area contributed by atoms with Crippen molar-refractivity contribution in [3.8, 4) is 5.75 Å². The number of carbonyl (C=O) groups excluding carboxylic acids is 1. The fourth-order valence-corrected chi connectivity index (χ4v) is 2.01. The highest BCUT2D eigenvalue weighted by atomic mass is 79.9. The van der Waals surface area contributed by atoms with Gasteiger partial charge in [-0.15, -0.1) is 0 Å².